The summed E-state index contributed by atoms with van der Waals surface area (Å²) in [6.07, 6.45) is -0.352. The SMILES string of the molecule is CC(C)(C)OC(=O)N1Cc2c(-c3ccc(C#N)cc3)cccc2C1CN. The Morgan fingerprint density at radius 2 is 1.96 bits per heavy atom. The van der Waals surface area contributed by atoms with Gasteiger partial charge in [0.25, 0.3) is 0 Å². The topological polar surface area (TPSA) is 79.3 Å². The average Bonchev–Trinajstić information content (AvgIpc) is 2.99. The molecule has 5 nitrogen and oxygen atoms in total. The third-order valence-corrected chi connectivity index (χ3v) is 4.45. The van der Waals surface area contributed by atoms with Crippen molar-refractivity contribution in [1.29, 1.82) is 5.26 Å². The summed E-state index contributed by atoms with van der Waals surface area (Å²) >= 11 is 0. The number of carbonyl (C=O) groups is 1. The fraction of sp³-hybridized carbons (Fsp3) is 0.333. The number of carbonyl (C=O) groups excluding carboxylic acids is 1. The lowest BCUT2D eigenvalue weighted by atomic mass is 9.94. The molecular formula is C21H23N3O2. The van der Waals surface area contributed by atoms with Crippen molar-refractivity contribution in [3.05, 3.63) is 59.2 Å². The van der Waals surface area contributed by atoms with Gasteiger partial charge in [-0.2, -0.15) is 5.26 Å². The van der Waals surface area contributed by atoms with Crippen molar-refractivity contribution in [3.63, 3.8) is 0 Å². The molecule has 1 aliphatic heterocycles. The molecule has 2 N–H and O–H groups in total. The highest BCUT2D eigenvalue weighted by Gasteiger charge is 2.36. The molecule has 0 aliphatic carbocycles. The summed E-state index contributed by atoms with van der Waals surface area (Å²) in [5.41, 5.74) is 10.3. The van der Waals surface area contributed by atoms with Crippen molar-refractivity contribution in [2.45, 2.75) is 39.0 Å². The Hall–Kier alpha value is -2.84. The Labute approximate surface area is 154 Å². The molecule has 2 aromatic carbocycles. The van der Waals surface area contributed by atoms with Crippen LogP contribution in [0.15, 0.2) is 42.5 Å². The molecule has 0 aromatic heterocycles. The third kappa shape index (κ3) is 3.42. The smallest absolute Gasteiger partial charge is 0.411 e. The van der Waals surface area contributed by atoms with E-state index in [-0.39, 0.29) is 12.1 Å². The van der Waals surface area contributed by atoms with E-state index in [1.807, 2.05) is 51.1 Å². The molecule has 1 amide bonds. The van der Waals surface area contributed by atoms with E-state index in [1.54, 1.807) is 17.0 Å². The van der Waals surface area contributed by atoms with Crippen LogP contribution in [0.1, 0.15) is 43.5 Å². The number of ether oxygens (including phenoxy) is 1. The second-order valence-corrected chi connectivity index (χ2v) is 7.42. The van der Waals surface area contributed by atoms with Crippen molar-refractivity contribution in [2.24, 2.45) is 5.73 Å². The maximum atomic E-state index is 12.6. The van der Waals surface area contributed by atoms with Gasteiger partial charge < -0.3 is 10.5 Å². The van der Waals surface area contributed by atoms with Crippen molar-refractivity contribution in [2.75, 3.05) is 6.54 Å². The molecule has 0 saturated carbocycles. The first-order valence-electron chi connectivity index (χ1n) is 8.66. The highest BCUT2D eigenvalue weighted by Crippen LogP contribution is 2.39. The van der Waals surface area contributed by atoms with E-state index in [9.17, 15) is 4.79 Å². The summed E-state index contributed by atoms with van der Waals surface area (Å²) in [5, 5.41) is 8.99. The zero-order valence-electron chi connectivity index (χ0n) is 15.3. The number of benzene rings is 2. The van der Waals surface area contributed by atoms with E-state index in [4.69, 9.17) is 15.7 Å². The number of hydrogen-bond acceptors (Lipinski definition) is 4. The van der Waals surface area contributed by atoms with E-state index in [0.29, 0.717) is 18.7 Å². The lowest BCUT2D eigenvalue weighted by Gasteiger charge is -2.28. The lowest BCUT2D eigenvalue weighted by molar-refractivity contribution is 0.0179. The molecule has 1 aliphatic rings. The molecule has 0 bridgehead atoms. The van der Waals surface area contributed by atoms with Gasteiger partial charge >= 0.3 is 6.09 Å². The first kappa shape index (κ1) is 18.0. The predicted molar refractivity (Wildman–Crippen MR) is 100 cm³/mol. The molecule has 3 rings (SSSR count). The van der Waals surface area contributed by atoms with Crippen LogP contribution in [0.25, 0.3) is 11.1 Å². The minimum Gasteiger partial charge on any atom is -0.444 e. The van der Waals surface area contributed by atoms with Crippen LogP contribution in [-0.2, 0) is 11.3 Å². The number of nitrogens with two attached hydrogens (primary N) is 1. The van der Waals surface area contributed by atoms with Gasteiger partial charge in [0.15, 0.2) is 0 Å². The van der Waals surface area contributed by atoms with E-state index >= 15 is 0 Å². The van der Waals surface area contributed by atoms with Gasteiger partial charge in [-0.15, -0.1) is 0 Å². The largest absolute Gasteiger partial charge is 0.444 e. The maximum Gasteiger partial charge on any atom is 0.411 e. The van der Waals surface area contributed by atoms with Crippen LogP contribution in [-0.4, -0.2) is 23.1 Å². The zero-order valence-corrected chi connectivity index (χ0v) is 15.3. The number of rotatable bonds is 2. The number of nitriles is 1. The summed E-state index contributed by atoms with van der Waals surface area (Å²) in [6.45, 7) is 6.36. The second kappa shape index (κ2) is 6.81. The molecule has 26 heavy (non-hydrogen) atoms. The predicted octanol–water partition coefficient (Wildman–Crippen LogP) is 3.98. The summed E-state index contributed by atoms with van der Waals surface area (Å²) in [6, 6.07) is 15.4. The Morgan fingerprint density at radius 1 is 1.27 bits per heavy atom. The van der Waals surface area contributed by atoms with E-state index in [2.05, 4.69) is 6.07 Å². The van der Waals surface area contributed by atoms with Gasteiger partial charge in [0.1, 0.15) is 5.60 Å². The number of hydrogen-bond donors (Lipinski definition) is 1. The summed E-state index contributed by atoms with van der Waals surface area (Å²) in [4.78, 5) is 14.3. The van der Waals surface area contributed by atoms with Crippen molar-refractivity contribution in [1.82, 2.24) is 4.90 Å². The van der Waals surface area contributed by atoms with E-state index in [0.717, 1.165) is 22.3 Å². The molecule has 2 aromatic rings. The molecule has 1 heterocycles. The normalized spacial score (nSPS) is 16.1. The molecular weight excluding hydrogens is 326 g/mol. The molecule has 1 atom stereocenters. The van der Waals surface area contributed by atoms with Gasteiger partial charge in [-0.1, -0.05) is 30.3 Å². The Bertz CT molecular complexity index is 860. The average molecular weight is 349 g/mol. The van der Waals surface area contributed by atoms with Crippen LogP contribution in [0.2, 0.25) is 0 Å². The van der Waals surface area contributed by atoms with Gasteiger partial charge in [0.2, 0.25) is 0 Å². The van der Waals surface area contributed by atoms with Gasteiger partial charge in [-0.25, -0.2) is 4.79 Å². The third-order valence-electron chi connectivity index (χ3n) is 4.45. The molecule has 5 heteroatoms. The van der Waals surface area contributed by atoms with Gasteiger partial charge in [-0.05, 0) is 55.2 Å². The van der Waals surface area contributed by atoms with Crippen LogP contribution in [0, 0.1) is 11.3 Å². The molecule has 0 saturated heterocycles. The van der Waals surface area contributed by atoms with Crippen LogP contribution in [0.4, 0.5) is 4.79 Å². The number of amides is 1. The minimum atomic E-state index is -0.555. The number of nitrogens with zero attached hydrogens (tertiary/aromatic N) is 2. The van der Waals surface area contributed by atoms with Crippen LogP contribution in [0.5, 0.6) is 0 Å². The van der Waals surface area contributed by atoms with E-state index in [1.165, 1.54) is 0 Å². The maximum absolute atomic E-state index is 12.6. The highest BCUT2D eigenvalue weighted by atomic mass is 16.6. The fourth-order valence-electron chi connectivity index (χ4n) is 3.30. The minimum absolute atomic E-state index is 0.196. The Kier molecular flexibility index (Phi) is 4.71. The monoisotopic (exact) mass is 349 g/mol. The van der Waals surface area contributed by atoms with Crippen molar-refractivity contribution in [3.8, 4) is 17.2 Å². The van der Waals surface area contributed by atoms with Crippen LogP contribution in [0.3, 0.4) is 0 Å². The highest BCUT2D eigenvalue weighted by molar-refractivity contribution is 5.75. The molecule has 1 unspecified atom stereocenters. The van der Waals surface area contributed by atoms with Gasteiger partial charge in [-0.3, -0.25) is 4.90 Å². The zero-order chi connectivity index (χ0) is 18.9. The van der Waals surface area contributed by atoms with Gasteiger partial charge in [0, 0.05) is 6.54 Å². The van der Waals surface area contributed by atoms with Crippen LogP contribution < -0.4 is 5.73 Å². The standard InChI is InChI=1S/C21H23N3O2/c1-21(2,3)26-20(25)24-13-18-16(5-4-6-17(18)19(24)12-23)15-9-7-14(11-22)8-10-15/h4-10,19H,12-13,23H2,1-3H3. The quantitative estimate of drug-likeness (QED) is 0.889. The molecule has 0 fully saturated rings. The summed E-state index contributed by atoms with van der Waals surface area (Å²) in [7, 11) is 0. The molecule has 134 valence electrons. The summed E-state index contributed by atoms with van der Waals surface area (Å²) < 4.78 is 5.56. The lowest BCUT2D eigenvalue weighted by Crippen LogP contribution is -2.38. The fourth-order valence-corrected chi connectivity index (χ4v) is 3.30. The van der Waals surface area contributed by atoms with Crippen LogP contribution >= 0.6 is 0 Å². The molecule has 0 spiro atoms. The number of fused-ring (bicyclic) bond motifs is 1. The van der Waals surface area contributed by atoms with Crippen molar-refractivity contribution < 1.29 is 9.53 Å². The first-order chi connectivity index (χ1) is 12.3. The Balaban J connectivity index is 1.98. The van der Waals surface area contributed by atoms with E-state index < -0.39 is 5.60 Å². The van der Waals surface area contributed by atoms with Gasteiger partial charge in [0.05, 0.1) is 24.2 Å². The van der Waals surface area contributed by atoms with Crippen molar-refractivity contribution >= 4 is 6.09 Å². The Morgan fingerprint density at radius 3 is 2.54 bits per heavy atom. The summed E-state index contributed by atoms with van der Waals surface area (Å²) in [5.74, 6) is 0. The first-order valence-corrected chi connectivity index (χ1v) is 8.66. The second-order valence-electron chi connectivity index (χ2n) is 7.42. The molecule has 0 radical (unpaired) electrons.